The Morgan fingerprint density at radius 2 is 2.08 bits per heavy atom. The normalized spacial score (nSPS) is 13.4. The molecule has 1 aromatic heterocycles. The first kappa shape index (κ1) is 17.0. The molecular formula is C19H20N2O4. The van der Waals surface area contributed by atoms with Crippen LogP contribution in [0.15, 0.2) is 24.3 Å². The number of hydrogen-bond donors (Lipinski definition) is 3. The second-order valence-corrected chi connectivity index (χ2v) is 6.27. The standard InChI is InChI=1S/C19H20N2O4/c1-11-16-14(6-3-7-15(16)22)21-17(11)18(23)20-9-8-12-4-2-5-13(10-12)19(24)25/h2,4-5,10,21H,3,6-9H2,1H3,(H,20,23)(H,24,25). The van der Waals surface area contributed by atoms with Crippen molar-refractivity contribution in [1.82, 2.24) is 10.3 Å². The Hall–Kier alpha value is -2.89. The van der Waals surface area contributed by atoms with Gasteiger partial charge in [-0.3, -0.25) is 9.59 Å². The fourth-order valence-corrected chi connectivity index (χ4v) is 3.27. The first-order valence-corrected chi connectivity index (χ1v) is 8.32. The second kappa shape index (κ2) is 6.93. The van der Waals surface area contributed by atoms with Crippen LogP contribution in [0.2, 0.25) is 0 Å². The Bertz CT molecular complexity index is 851. The number of aromatic nitrogens is 1. The average molecular weight is 340 g/mol. The van der Waals surface area contributed by atoms with Gasteiger partial charge in [-0.15, -0.1) is 0 Å². The van der Waals surface area contributed by atoms with E-state index in [-0.39, 0.29) is 17.3 Å². The Kier molecular flexibility index (Phi) is 4.70. The van der Waals surface area contributed by atoms with Gasteiger partial charge in [-0.05, 0) is 49.4 Å². The molecule has 1 aromatic carbocycles. The Labute approximate surface area is 145 Å². The molecule has 0 unspecified atom stereocenters. The van der Waals surface area contributed by atoms with Crippen molar-refractivity contribution >= 4 is 17.7 Å². The van der Waals surface area contributed by atoms with Gasteiger partial charge in [0.2, 0.25) is 0 Å². The Morgan fingerprint density at radius 1 is 1.28 bits per heavy atom. The molecule has 2 aromatic rings. The van der Waals surface area contributed by atoms with Crippen molar-refractivity contribution in [1.29, 1.82) is 0 Å². The van der Waals surface area contributed by atoms with E-state index in [4.69, 9.17) is 5.11 Å². The number of benzene rings is 1. The van der Waals surface area contributed by atoms with E-state index in [9.17, 15) is 14.4 Å². The van der Waals surface area contributed by atoms with E-state index in [2.05, 4.69) is 10.3 Å². The van der Waals surface area contributed by atoms with Gasteiger partial charge in [-0.2, -0.15) is 0 Å². The lowest BCUT2D eigenvalue weighted by molar-refractivity contribution is 0.0696. The average Bonchev–Trinajstić information content (AvgIpc) is 2.93. The number of amides is 1. The third-order valence-corrected chi connectivity index (χ3v) is 4.54. The fourth-order valence-electron chi connectivity index (χ4n) is 3.27. The quantitative estimate of drug-likeness (QED) is 0.779. The van der Waals surface area contributed by atoms with Gasteiger partial charge in [0.25, 0.3) is 5.91 Å². The number of fused-ring (bicyclic) bond motifs is 1. The summed E-state index contributed by atoms with van der Waals surface area (Å²) in [6.45, 7) is 2.18. The Morgan fingerprint density at radius 3 is 2.80 bits per heavy atom. The van der Waals surface area contributed by atoms with Crippen LogP contribution in [-0.4, -0.2) is 34.3 Å². The smallest absolute Gasteiger partial charge is 0.335 e. The first-order valence-electron chi connectivity index (χ1n) is 8.32. The van der Waals surface area contributed by atoms with E-state index < -0.39 is 5.97 Å². The summed E-state index contributed by atoms with van der Waals surface area (Å²) >= 11 is 0. The van der Waals surface area contributed by atoms with Crippen LogP contribution in [0.4, 0.5) is 0 Å². The lowest BCUT2D eigenvalue weighted by Crippen LogP contribution is -2.26. The van der Waals surface area contributed by atoms with Gasteiger partial charge in [-0.25, -0.2) is 4.79 Å². The summed E-state index contributed by atoms with van der Waals surface area (Å²) in [6, 6.07) is 6.66. The number of aromatic carboxylic acids is 1. The zero-order valence-corrected chi connectivity index (χ0v) is 14.0. The molecule has 0 fully saturated rings. The number of carbonyl (C=O) groups excluding carboxylic acids is 2. The molecule has 1 amide bonds. The van der Waals surface area contributed by atoms with Crippen LogP contribution in [-0.2, 0) is 12.8 Å². The number of H-pyrrole nitrogens is 1. The van der Waals surface area contributed by atoms with Gasteiger partial charge in [0, 0.05) is 24.2 Å². The summed E-state index contributed by atoms with van der Waals surface area (Å²) in [5.74, 6) is -1.11. The van der Waals surface area contributed by atoms with Crippen LogP contribution in [0.3, 0.4) is 0 Å². The maximum atomic E-state index is 12.4. The van der Waals surface area contributed by atoms with Crippen molar-refractivity contribution in [3.8, 4) is 0 Å². The number of ketones is 1. The first-order chi connectivity index (χ1) is 12.0. The Balaban J connectivity index is 1.65. The molecule has 1 aliphatic carbocycles. The monoisotopic (exact) mass is 340 g/mol. The van der Waals surface area contributed by atoms with Gasteiger partial charge in [0.1, 0.15) is 5.69 Å². The molecule has 0 aliphatic heterocycles. The minimum Gasteiger partial charge on any atom is -0.478 e. The van der Waals surface area contributed by atoms with Gasteiger partial charge < -0.3 is 15.4 Å². The molecule has 6 heteroatoms. The number of nitrogens with one attached hydrogen (secondary N) is 2. The van der Waals surface area contributed by atoms with Crippen LogP contribution in [0, 0.1) is 6.92 Å². The van der Waals surface area contributed by atoms with E-state index in [0.29, 0.717) is 36.2 Å². The van der Waals surface area contributed by atoms with Crippen molar-refractivity contribution in [2.45, 2.75) is 32.6 Å². The summed E-state index contributed by atoms with van der Waals surface area (Å²) in [5, 5.41) is 11.8. The number of carbonyl (C=O) groups is 3. The van der Waals surface area contributed by atoms with Crippen molar-refractivity contribution in [3.05, 3.63) is 57.9 Å². The van der Waals surface area contributed by atoms with Crippen molar-refractivity contribution in [2.75, 3.05) is 6.54 Å². The minimum atomic E-state index is -0.969. The third kappa shape index (κ3) is 3.47. The van der Waals surface area contributed by atoms with Crippen LogP contribution >= 0.6 is 0 Å². The van der Waals surface area contributed by atoms with Crippen LogP contribution in [0.5, 0.6) is 0 Å². The highest BCUT2D eigenvalue weighted by molar-refractivity contribution is 6.04. The predicted octanol–water partition coefficient (Wildman–Crippen LogP) is 2.51. The zero-order chi connectivity index (χ0) is 18.0. The number of aryl methyl sites for hydroxylation is 1. The highest BCUT2D eigenvalue weighted by atomic mass is 16.4. The van der Waals surface area contributed by atoms with Crippen LogP contribution in [0.25, 0.3) is 0 Å². The minimum absolute atomic E-state index is 0.0968. The van der Waals surface area contributed by atoms with Crippen molar-refractivity contribution < 1.29 is 19.5 Å². The number of rotatable bonds is 5. The molecule has 6 nitrogen and oxygen atoms in total. The molecule has 1 heterocycles. The second-order valence-electron chi connectivity index (χ2n) is 6.27. The van der Waals surface area contributed by atoms with E-state index in [1.807, 2.05) is 6.07 Å². The summed E-state index contributed by atoms with van der Waals surface area (Å²) in [5.41, 5.74) is 3.76. The third-order valence-electron chi connectivity index (χ3n) is 4.54. The van der Waals surface area contributed by atoms with Gasteiger partial charge in [0.15, 0.2) is 5.78 Å². The summed E-state index contributed by atoms with van der Waals surface area (Å²) in [7, 11) is 0. The molecule has 0 radical (unpaired) electrons. The largest absolute Gasteiger partial charge is 0.478 e. The molecule has 0 atom stereocenters. The summed E-state index contributed by atoms with van der Waals surface area (Å²) in [6.07, 6.45) is 2.67. The highest BCUT2D eigenvalue weighted by Gasteiger charge is 2.26. The molecule has 0 saturated carbocycles. The molecule has 3 rings (SSSR count). The number of hydrogen-bond acceptors (Lipinski definition) is 3. The number of carboxylic acids is 1. The van der Waals surface area contributed by atoms with Crippen LogP contribution in [0.1, 0.15) is 60.9 Å². The van der Waals surface area contributed by atoms with E-state index in [1.54, 1.807) is 19.1 Å². The predicted molar refractivity (Wildman–Crippen MR) is 92.2 cm³/mol. The number of aromatic amines is 1. The molecule has 1 aliphatic rings. The SMILES string of the molecule is Cc1c(C(=O)NCCc2cccc(C(=O)O)c2)[nH]c2c1C(=O)CCC2. The molecular weight excluding hydrogens is 320 g/mol. The molecule has 130 valence electrons. The summed E-state index contributed by atoms with van der Waals surface area (Å²) in [4.78, 5) is 38.5. The lowest BCUT2D eigenvalue weighted by Gasteiger charge is -2.09. The lowest BCUT2D eigenvalue weighted by atomic mass is 9.94. The van der Waals surface area contributed by atoms with E-state index >= 15 is 0 Å². The maximum absolute atomic E-state index is 12.4. The van der Waals surface area contributed by atoms with Crippen molar-refractivity contribution in [3.63, 3.8) is 0 Å². The van der Waals surface area contributed by atoms with Gasteiger partial charge in [-0.1, -0.05) is 12.1 Å². The van der Waals surface area contributed by atoms with Crippen LogP contribution < -0.4 is 5.32 Å². The zero-order valence-electron chi connectivity index (χ0n) is 14.0. The summed E-state index contributed by atoms with van der Waals surface area (Å²) < 4.78 is 0. The molecule has 25 heavy (non-hydrogen) atoms. The molecule has 0 saturated heterocycles. The van der Waals surface area contributed by atoms with Gasteiger partial charge in [0.05, 0.1) is 5.56 Å². The number of carboxylic acid groups (broad SMARTS) is 1. The van der Waals surface area contributed by atoms with E-state index in [0.717, 1.165) is 24.1 Å². The topological polar surface area (TPSA) is 99.3 Å². The maximum Gasteiger partial charge on any atom is 0.335 e. The molecule has 3 N–H and O–H groups in total. The number of Topliss-reactive ketones (excluding diaryl/α,β-unsaturated/α-hetero) is 1. The highest BCUT2D eigenvalue weighted by Crippen LogP contribution is 2.26. The van der Waals surface area contributed by atoms with Crippen molar-refractivity contribution in [2.24, 2.45) is 0 Å². The fraction of sp³-hybridized carbons (Fsp3) is 0.316. The van der Waals surface area contributed by atoms with E-state index in [1.165, 1.54) is 6.07 Å². The molecule has 0 bridgehead atoms. The molecule has 0 spiro atoms. The van der Waals surface area contributed by atoms with Gasteiger partial charge >= 0.3 is 5.97 Å².